The van der Waals surface area contributed by atoms with Crippen LogP contribution in [0.3, 0.4) is 0 Å². The maximum absolute atomic E-state index is 13.5. The molecule has 4 rings (SSSR count). The van der Waals surface area contributed by atoms with E-state index in [0.717, 1.165) is 22.0 Å². The molecule has 2 aromatic carbocycles. The van der Waals surface area contributed by atoms with Crippen LogP contribution < -0.4 is 5.43 Å². The summed E-state index contributed by atoms with van der Waals surface area (Å²) in [5.74, 6) is -1.01. The first-order valence-electron chi connectivity index (χ1n) is 8.97. The van der Waals surface area contributed by atoms with Gasteiger partial charge in [-0.3, -0.25) is 10.2 Å². The number of carbonyl (C=O) groups excluding carboxylic acids is 2. The van der Waals surface area contributed by atoms with E-state index >= 15 is 0 Å². The van der Waals surface area contributed by atoms with Crippen molar-refractivity contribution in [2.75, 3.05) is 6.61 Å². The van der Waals surface area contributed by atoms with Crippen LogP contribution in [0.2, 0.25) is 0 Å². The van der Waals surface area contributed by atoms with E-state index < -0.39 is 17.4 Å². The average Bonchev–Trinajstić information content (AvgIpc) is 3.06. The second-order valence-electron chi connectivity index (χ2n) is 6.77. The molecule has 1 heterocycles. The highest BCUT2D eigenvalue weighted by Crippen LogP contribution is 2.43. The summed E-state index contributed by atoms with van der Waals surface area (Å²) < 4.78 is 6.14. The van der Waals surface area contributed by atoms with Gasteiger partial charge < -0.3 is 4.74 Å². The van der Waals surface area contributed by atoms with Crippen molar-refractivity contribution in [2.24, 2.45) is 5.10 Å². The van der Waals surface area contributed by atoms with Crippen molar-refractivity contribution in [3.8, 4) is 0 Å². The van der Waals surface area contributed by atoms with Gasteiger partial charge in [0.15, 0.2) is 11.5 Å². The fourth-order valence-electron chi connectivity index (χ4n) is 4.02. The van der Waals surface area contributed by atoms with Crippen LogP contribution in [-0.2, 0) is 16.0 Å². The Balaban J connectivity index is 1.82. The molecule has 0 unspecified atom stereocenters. The van der Waals surface area contributed by atoms with Crippen molar-refractivity contribution in [1.82, 2.24) is 5.43 Å². The molecule has 1 aliphatic heterocycles. The number of ether oxygens (including phenoxy) is 1. The topological polar surface area (TPSA) is 67.8 Å². The van der Waals surface area contributed by atoms with E-state index in [4.69, 9.17) is 4.74 Å². The molecule has 0 bridgehead atoms. The number of ketones is 1. The smallest absolute Gasteiger partial charge is 0.355 e. The molecular weight excluding hydrogens is 408 g/mol. The number of esters is 1. The van der Waals surface area contributed by atoms with Crippen LogP contribution in [0.1, 0.15) is 40.7 Å². The van der Waals surface area contributed by atoms with E-state index in [0.29, 0.717) is 12.0 Å². The number of hydrazone groups is 1. The first kappa shape index (κ1) is 17.9. The van der Waals surface area contributed by atoms with Gasteiger partial charge in [0.2, 0.25) is 0 Å². The van der Waals surface area contributed by atoms with Gasteiger partial charge in [-0.25, -0.2) is 4.79 Å². The highest BCUT2D eigenvalue weighted by atomic mass is 79.9. The van der Waals surface area contributed by atoms with Gasteiger partial charge in [-0.2, -0.15) is 5.10 Å². The van der Waals surface area contributed by atoms with Crippen LogP contribution in [0.15, 0.2) is 58.1 Å². The molecule has 1 spiro atoms. The quantitative estimate of drug-likeness (QED) is 0.760. The molecule has 0 radical (unpaired) electrons. The number of Topliss-reactive ketones (excluding diaryl/α,β-unsaturated/α-hetero) is 1. The first-order chi connectivity index (χ1) is 13.1. The van der Waals surface area contributed by atoms with Gasteiger partial charge >= 0.3 is 5.97 Å². The summed E-state index contributed by atoms with van der Waals surface area (Å²) in [7, 11) is 0. The number of aryl methyl sites for hydroxylation is 1. The Bertz CT molecular complexity index is 939. The minimum absolute atomic E-state index is 0.0275. The van der Waals surface area contributed by atoms with E-state index in [9.17, 15) is 9.59 Å². The Morgan fingerprint density at radius 3 is 2.74 bits per heavy atom. The minimum Gasteiger partial charge on any atom is -0.461 e. The highest BCUT2D eigenvalue weighted by Gasteiger charge is 2.56. The Morgan fingerprint density at radius 1 is 1.26 bits per heavy atom. The summed E-state index contributed by atoms with van der Waals surface area (Å²) in [6, 6.07) is 15.3. The maximum atomic E-state index is 13.5. The zero-order valence-corrected chi connectivity index (χ0v) is 16.5. The van der Waals surface area contributed by atoms with Crippen LogP contribution in [-0.4, -0.2) is 29.6 Å². The zero-order valence-electron chi connectivity index (χ0n) is 14.9. The van der Waals surface area contributed by atoms with Crippen LogP contribution >= 0.6 is 15.9 Å². The zero-order chi connectivity index (χ0) is 19.0. The third-order valence-corrected chi connectivity index (χ3v) is 5.81. The Hall–Kier alpha value is -2.47. The van der Waals surface area contributed by atoms with E-state index in [1.807, 2.05) is 48.5 Å². The van der Waals surface area contributed by atoms with Gasteiger partial charge in [0.05, 0.1) is 12.5 Å². The lowest BCUT2D eigenvalue weighted by molar-refractivity contribution is -0.135. The monoisotopic (exact) mass is 426 g/mol. The lowest BCUT2D eigenvalue weighted by Crippen LogP contribution is -2.55. The summed E-state index contributed by atoms with van der Waals surface area (Å²) in [5, 5.41) is 4.29. The normalized spacial score (nSPS) is 23.6. The molecule has 0 aromatic heterocycles. The second-order valence-corrected chi connectivity index (χ2v) is 7.69. The fourth-order valence-corrected chi connectivity index (χ4v) is 4.28. The van der Waals surface area contributed by atoms with Crippen molar-refractivity contribution < 1.29 is 14.3 Å². The van der Waals surface area contributed by atoms with Crippen molar-refractivity contribution >= 4 is 33.4 Å². The van der Waals surface area contributed by atoms with Gasteiger partial charge in [0.25, 0.3) is 0 Å². The van der Waals surface area contributed by atoms with Crippen molar-refractivity contribution in [3.05, 3.63) is 69.7 Å². The summed E-state index contributed by atoms with van der Waals surface area (Å²) in [6.07, 6.45) is 1.31. The van der Waals surface area contributed by atoms with E-state index in [1.165, 1.54) is 0 Å². The number of halogens is 1. The number of hydrogen-bond donors (Lipinski definition) is 1. The Morgan fingerprint density at radius 2 is 2.00 bits per heavy atom. The molecule has 2 atom stereocenters. The molecular formula is C21H19BrN2O3. The SMILES string of the molecule is CCOC(=O)C1=NN[C@@]2(CCc3ccccc3C2=O)[C@H]1c1ccc(Br)cc1. The first-order valence-corrected chi connectivity index (χ1v) is 9.76. The Labute approximate surface area is 165 Å². The molecule has 1 aliphatic carbocycles. The molecule has 2 aromatic rings. The van der Waals surface area contributed by atoms with Crippen LogP contribution in [0.5, 0.6) is 0 Å². The summed E-state index contributed by atoms with van der Waals surface area (Å²) in [6.45, 7) is 2.02. The molecule has 0 amide bonds. The lowest BCUT2D eigenvalue weighted by Gasteiger charge is -2.37. The maximum Gasteiger partial charge on any atom is 0.355 e. The largest absolute Gasteiger partial charge is 0.461 e. The lowest BCUT2D eigenvalue weighted by atomic mass is 9.67. The van der Waals surface area contributed by atoms with Crippen molar-refractivity contribution in [1.29, 1.82) is 0 Å². The standard InChI is InChI=1S/C21H19BrN2O3/c1-2-27-20(26)18-17(14-7-9-15(22)10-8-14)21(24-23-18)12-11-13-5-3-4-6-16(13)19(21)25/h3-10,17,24H,2,11-12H2,1H3/t17-,21-/m0/s1. The van der Waals surface area contributed by atoms with Gasteiger partial charge in [-0.05, 0) is 43.0 Å². The fraction of sp³-hybridized carbons (Fsp3) is 0.286. The molecule has 138 valence electrons. The summed E-state index contributed by atoms with van der Waals surface area (Å²) >= 11 is 3.44. The van der Waals surface area contributed by atoms with Gasteiger partial charge in [0.1, 0.15) is 5.54 Å². The number of benzene rings is 2. The predicted octanol–water partition coefficient (Wildman–Crippen LogP) is 3.62. The number of carbonyl (C=O) groups is 2. The highest BCUT2D eigenvalue weighted by molar-refractivity contribution is 9.10. The predicted molar refractivity (Wildman–Crippen MR) is 106 cm³/mol. The Kier molecular flexibility index (Phi) is 4.60. The number of nitrogens with zero attached hydrogens (tertiary/aromatic N) is 1. The van der Waals surface area contributed by atoms with E-state index in [2.05, 4.69) is 26.5 Å². The van der Waals surface area contributed by atoms with Crippen LogP contribution in [0, 0.1) is 0 Å². The number of hydrogen-bond acceptors (Lipinski definition) is 5. The third-order valence-electron chi connectivity index (χ3n) is 5.29. The number of rotatable bonds is 3. The molecule has 2 aliphatic rings. The summed E-state index contributed by atoms with van der Waals surface area (Å²) in [5.41, 5.74) is 4.92. The molecule has 27 heavy (non-hydrogen) atoms. The second kappa shape index (κ2) is 6.93. The van der Waals surface area contributed by atoms with Crippen LogP contribution in [0.25, 0.3) is 0 Å². The molecule has 6 heteroatoms. The van der Waals surface area contributed by atoms with Gasteiger partial charge in [-0.15, -0.1) is 0 Å². The molecule has 1 N–H and O–H groups in total. The average molecular weight is 427 g/mol. The van der Waals surface area contributed by atoms with E-state index in [-0.39, 0.29) is 18.1 Å². The van der Waals surface area contributed by atoms with Gasteiger partial charge in [0, 0.05) is 10.0 Å². The molecule has 0 fully saturated rings. The number of fused-ring (bicyclic) bond motifs is 1. The molecule has 0 saturated heterocycles. The third kappa shape index (κ3) is 2.88. The van der Waals surface area contributed by atoms with Crippen molar-refractivity contribution in [3.63, 3.8) is 0 Å². The molecule has 0 saturated carbocycles. The summed E-state index contributed by atoms with van der Waals surface area (Å²) in [4.78, 5) is 26.1. The van der Waals surface area contributed by atoms with E-state index in [1.54, 1.807) is 6.92 Å². The molecule has 5 nitrogen and oxygen atoms in total. The van der Waals surface area contributed by atoms with Crippen molar-refractivity contribution in [2.45, 2.75) is 31.2 Å². The minimum atomic E-state index is -0.968. The van der Waals surface area contributed by atoms with Crippen LogP contribution in [0.4, 0.5) is 0 Å². The van der Waals surface area contributed by atoms with Gasteiger partial charge in [-0.1, -0.05) is 52.3 Å². The number of nitrogens with one attached hydrogen (secondary N) is 1.